The summed E-state index contributed by atoms with van der Waals surface area (Å²) in [6.07, 6.45) is 0.371. The van der Waals surface area contributed by atoms with Gasteiger partial charge >= 0.3 is 18.7 Å². The van der Waals surface area contributed by atoms with E-state index in [0.717, 1.165) is 10.5 Å². The summed E-state index contributed by atoms with van der Waals surface area (Å²) in [7, 11) is 0. The highest BCUT2D eigenvalue weighted by atomic mass is 19.3. The Balaban J connectivity index is 1.94. The van der Waals surface area contributed by atoms with Crippen molar-refractivity contribution in [3.8, 4) is 5.75 Å². The maximum Gasteiger partial charge on any atom is 0.411 e. The molecule has 8 heteroatoms. The molecule has 1 saturated carbocycles. The van der Waals surface area contributed by atoms with Crippen molar-refractivity contribution in [2.45, 2.75) is 44.6 Å². The number of aliphatic carboxylic acids is 1. The van der Waals surface area contributed by atoms with Crippen molar-refractivity contribution in [1.29, 1.82) is 0 Å². The highest BCUT2D eigenvalue weighted by Crippen LogP contribution is 2.42. The first-order valence-electron chi connectivity index (χ1n) is 9.11. The number of ether oxygens (including phenoxy) is 2. The van der Waals surface area contributed by atoms with Gasteiger partial charge in [-0.2, -0.15) is 8.78 Å². The molecule has 154 valence electrons. The number of carbonyl (C=O) groups excluding carboxylic acids is 1. The number of nitrogens with zero attached hydrogens (tertiary/aromatic N) is 1. The Bertz CT molecular complexity index is 872. The average molecular weight is 405 g/mol. The maximum atomic E-state index is 12.9. The molecule has 0 heterocycles. The van der Waals surface area contributed by atoms with E-state index >= 15 is 0 Å². The molecule has 1 fully saturated rings. The van der Waals surface area contributed by atoms with Crippen molar-refractivity contribution in [1.82, 2.24) is 4.90 Å². The number of carboxylic acids is 1. The monoisotopic (exact) mass is 405 g/mol. The quantitative estimate of drug-likeness (QED) is 0.705. The van der Waals surface area contributed by atoms with Gasteiger partial charge in [0.15, 0.2) is 5.54 Å². The molecule has 2 aromatic rings. The van der Waals surface area contributed by atoms with Gasteiger partial charge in [-0.05, 0) is 31.4 Å². The lowest BCUT2D eigenvalue weighted by atomic mass is 9.89. The van der Waals surface area contributed by atoms with Crippen LogP contribution in [0.5, 0.6) is 5.75 Å². The standard InChI is InChI=1S/C21H21F2NO5/c1-21(18(25)26,16-9-5-6-10-17(16)29-19(22)23)24(15-11-12-15)20(27)28-13-14-7-3-2-4-8-14/h2-10,15,19H,11-13H2,1H3,(H,25,26). The molecule has 1 aliphatic carbocycles. The van der Waals surface area contributed by atoms with E-state index in [-0.39, 0.29) is 24.0 Å². The second-order valence-corrected chi connectivity index (χ2v) is 6.89. The number of carboxylic acid groups (broad SMARTS) is 1. The molecular weight excluding hydrogens is 384 g/mol. The van der Waals surface area contributed by atoms with E-state index in [9.17, 15) is 23.5 Å². The van der Waals surface area contributed by atoms with Crippen LogP contribution in [-0.4, -0.2) is 34.7 Å². The van der Waals surface area contributed by atoms with Crippen molar-refractivity contribution in [3.05, 3.63) is 65.7 Å². The molecule has 1 unspecified atom stereocenters. The molecule has 29 heavy (non-hydrogen) atoms. The highest BCUT2D eigenvalue weighted by Gasteiger charge is 2.52. The van der Waals surface area contributed by atoms with Crippen LogP contribution in [0, 0.1) is 0 Å². The molecule has 0 radical (unpaired) electrons. The Labute approximate surface area is 166 Å². The Morgan fingerprint density at radius 1 is 1.14 bits per heavy atom. The molecule has 0 aromatic heterocycles. The molecule has 3 rings (SSSR count). The van der Waals surface area contributed by atoms with Crippen LogP contribution in [0.4, 0.5) is 13.6 Å². The Hall–Kier alpha value is -3.16. The Morgan fingerprint density at radius 3 is 2.34 bits per heavy atom. The molecular formula is C21H21F2NO5. The van der Waals surface area contributed by atoms with Crippen LogP contribution in [0.1, 0.15) is 30.9 Å². The van der Waals surface area contributed by atoms with Gasteiger partial charge in [-0.1, -0.05) is 48.5 Å². The predicted octanol–water partition coefficient (Wildman–Crippen LogP) is 4.39. The lowest BCUT2D eigenvalue weighted by Crippen LogP contribution is -2.54. The number of halogens is 2. The number of carbonyl (C=O) groups is 2. The summed E-state index contributed by atoms with van der Waals surface area (Å²) in [6, 6.07) is 14.2. The summed E-state index contributed by atoms with van der Waals surface area (Å²) in [4.78, 5) is 26.3. The van der Waals surface area contributed by atoms with Gasteiger partial charge in [0.05, 0.1) is 0 Å². The van der Waals surface area contributed by atoms with E-state index in [1.165, 1.54) is 31.2 Å². The van der Waals surface area contributed by atoms with Gasteiger partial charge in [0.1, 0.15) is 12.4 Å². The van der Waals surface area contributed by atoms with Gasteiger partial charge in [-0.3, -0.25) is 4.90 Å². The molecule has 0 bridgehead atoms. The number of para-hydroxylation sites is 1. The third kappa shape index (κ3) is 4.47. The van der Waals surface area contributed by atoms with Crippen molar-refractivity contribution >= 4 is 12.1 Å². The van der Waals surface area contributed by atoms with Gasteiger partial charge in [0.2, 0.25) is 0 Å². The molecule has 0 spiro atoms. The highest BCUT2D eigenvalue weighted by molar-refractivity contribution is 5.87. The smallest absolute Gasteiger partial charge is 0.411 e. The zero-order chi connectivity index (χ0) is 21.0. The van der Waals surface area contributed by atoms with E-state index in [1.807, 2.05) is 6.07 Å². The molecule has 1 aliphatic rings. The minimum atomic E-state index is -3.13. The van der Waals surface area contributed by atoms with E-state index in [2.05, 4.69) is 4.74 Å². The first-order chi connectivity index (χ1) is 13.8. The first kappa shape index (κ1) is 20.6. The lowest BCUT2D eigenvalue weighted by molar-refractivity contribution is -0.151. The second-order valence-electron chi connectivity index (χ2n) is 6.89. The molecule has 2 aromatic carbocycles. The zero-order valence-electron chi connectivity index (χ0n) is 15.8. The summed E-state index contributed by atoms with van der Waals surface area (Å²) < 4.78 is 35.6. The molecule has 0 aliphatic heterocycles. The Kier molecular flexibility index (Phi) is 6.00. The predicted molar refractivity (Wildman–Crippen MR) is 99.5 cm³/mol. The zero-order valence-corrected chi connectivity index (χ0v) is 15.8. The normalized spacial score (nSPS) is 15.4. The van der Waals surface area contributed by atoms with Crippen LogP contribution >= 0.6 is 0 Å². The van der Waals surface area contributed by atoms with E-state index < -0.39 is 24.2 Å². The maximum absolute atomic E-state index is 12.9. The fraction of sp³-hybridized carbons (Fsp3) is 0.333. The number of hydrogen-bond donors (Lipinski definition) is 1. The Morgan fingerprint density at radius 2 is 1.76 bits per heavy atom. The fourth-order valence-electron chi connectivity index (χ4n) is 3.23. The van der Waals surface area contributed by atoms with E-state index in [0.29, 0.717) is 12.8 Å². The number of benzene rings is 2. The number of amides is 1. The van der Waals surface area contributed by atoms with Crippen LogP contribution < -0.4 is 4.74 Å². The topological polar surface area (TPSA) is 76.1 Å². The van der Waals surface area contributed by atoms with Crippen LogP contribution in [0.2, 0.25) is 0 Å². The largest absolute Gasteiger partial charge is 0.479 e. The minimum absolute atomic E-state index is 0.0340. The van der Waals surface area contributed by atoms with Gasteiger partial charge in [-0.25, -0.2) is 9.59 Å². The van der Waals surface area contributed by atoms with E-state index in [1.54, 1.807) is 24.3 Å². The first-order valence-corrected chi connectivity index (χ1v) is 9.11. The van der Waals surface area contributed by atoms with Crippen molar-refractivity contribution < 1.29 is 33.0 Å². The lowest BCUT2D eigenvalue weighted by Gasteiger charge is -2.38. The molecule has 6 nitrogen and oxygen atoms in total. The molecule has 1 atom stereocenters. The summed E-state index contributed by atoms with van der Waals surface area (Å²) in [5.74, 6) is -1.67. The minimum Gasteiger partial charge on any atom is -0.479 e. The summed E-state index contributed by atoms with van der Waals surface area (Å²) in [6.45, 7) is -1.87. The summed E-state index contributed by atoms with van der Waals surface area (Å²) in [5, 5.41) is 10.0. The second kappa shape index (κ2) is 8.46. The molecule has 1 amide bonds. The average Bonchev–Trinajstić information content (AvgIpc) is 3.52. The van der Waals surface area contributed by atoms with Crippen molar-refractivity contribution in [2.24, 2.45) is 0 Å². The van der Waals surface area contributed by atoms with E-state index in [4.69, 9.17) is 4.74 Å². The number of hydrogen-bond acceptors (Lipinski definition) is 4. The van der Waals surface area contributed by atoms with Gasteiger partial charge in [0.25, 0.3) is 0 Å². The van der Waals surface area contributed by atoms with Crippen LogP contribution in [0.3, 0.4) is 0 Å². The van der Waals surface area contributed by atoms with Crippen molar-refractivity contribution in [3.63, 3.8) is 0 Å². The van der Waals surface area contributed by atoms with Gasteiger partial charge in [-0.15, -0.1) is 0 Å². The third-order valence-electron chi connectivity index (χ3n) is 4.84. The third-order valence-corrected chi connectivity index (χ3v) is 4.84. The van der Waals surface area contributed by atoms with Crippen LogP contribution in [-0.2, 0) is 21.7 Å². The molecule has 0 saturated heterocycles. The summed E-state index contributed by atoms with van der Waals surface area (Å²) in [5.41, 5.74) is -1.24. The van der Waals surface area contributed by atoms with Crippen LogP contribution in [0.15, 0.2) is 54.6 Å². The van der Waals surface area contributed by atoms with Gasteiger partial charge < -0.3 is 14.6 Å². The molecule has 1 N–H and O–H groups in total. The van der Waals surface area contributed by atoms with Crippen LogP contribution in [0.25, 0.3) is 0 Å². The summed E-state index contributed by atoms with van der Waals surface area (Å²) >= 11 is 0. The fourth-order valence-corrected chi connectivity index (χ4v) is 3.23. The SMILES string of the molecule is CC(C(=O)O)(c1ccccc1OC(F)F)N(C(=O)OCc1ccccc1)C1CC1. The van der Waals surface area contributed by atoms with Crippen molar-refractivity contribution in [2.75, 3.05) is 0 Å². The number of alkyl halides is 2. The van der Waals surface area contributed by atoms with Gasteiger partial charge in [0, 0.05) is 11.6 Å². The number of rotatable bonds is 8.